The number of fused-ring (bicyclic) bond motifs is 1. The molecular weight excluding hydrogens is 216 g/mol. The van der Waals surface area contributed by atoms with Crippen molar-refractivity contribution in [1.29, 1.82) is 0 Å². The SMILES string of the molecule is O=S(=O)(Cl)c1cn2c(n1)COCC2. The average molecular weight is 223 g/mol. The van der Waals surface area contributed by atoms with Crippen molar-refractivity contribution in [2.75, 3.05) is 6.61 Å². The predicted molar refractivity (Wildman–Crippen MR) is 44.9 cm³/mol. The molecule has 0 aromatic carbocycles. The topological polar surface area (TPSA) is 61.2 Å². The minimum absolute atomic E-state index is 0.102. The minimum atomic E-state index is -3.71. The number of nitrogens with zero attached hydrogens (tertiary/aromatic N) is 2. The van der Waals surface area contributed by atoms with Gasteiger partial charge in [-0.2, -0.15) is 0 Å². The van der Waals surface area contributed by atoms with Crippen molar-refractivity contribution >= 4 is 19.7 Å². The summed E-state index contributed by atoms with van der Waals surface area (Å²) in [7, 11) is 1.42. The normalized spacial score (nSPS) is 17.0. The van der Waals surface area contributed by atoms with E-state index in [-0.39, 0.29) is 5.03 Å². The van der Waals surface area contributed by atoms with Crippen molar-refractivity contribution in [2.24, 2.45) is 0 Å². The van der Waals surface area contributed by atoms with Gasteiger partial charge in [-0.3, -0.25) is 0 Å². The first-order valence-electron chi connectivity index (χ1n) is 3.66. The maximum atomic E-state index is 10.9. The van der Waals surface area contributed by atoms with E-state index in [2.05, 4.69) is 4.98 Å². The summed E-state index contributed by atoms with van der Waals surface area (Å²) in [5.41, 5.74) is 0. The Kier molecular flexibility index (Phi) is 2.05. The molecule has 0 spiro atoms. The molecule has 72 valence electrons. The van der Waals surface area contributed by atoms with Gasteiger partial charge in [0, 0.05) is 23.4 Å². The summed E-state index contributed by atoms with van der Waals surface area (Å²) >= 11 is 0. The fourth-order valence-corrected chi connectivity index (χ4v) is 1.87. The summed E-state index contributed by atoms with van der Waals surface area (Å²) in [6, 6.07) is 0. The second kappa shape index (κ2) is 2.97. The van der Waals surface area contributed by atoms with Gasteiger partial charge in [-0.1, -0.05) is 0 Å². The number of hydrogen-bond donors (Lipinski definition) is 0. The van der Waals surface area contributed by atoms with Crippen molar-refractivity contribution in [3.63, 3.8) is 0 Å². The van der Waals surface area contributed by atoms with Crippen LogP contribution in [0.5, 0.6) is 0 Å². The van der Waals surface area contributed by atoms with Crippen LogP contribution in [0.3, 0.4) is 0 Å². The molecule has 1 aromatic rings. The van der Waals surface area contributed by atoms with Crippen LogP contribution in [0.2, 0.25) is 0 Å². The van der Waals surface area contributed by atoms with Crippen LogP contribution >= 0.6 is 10.7 Å². The first-order chi connectivity index (χ1) is 6.07. The summed E-state index contributed by atoms with van der Waals surface area (Å²) in [4.78, 5) is 3.84. The maximum absolute atomic E-state index is 10.9. The lowest BCUT2D eigenvalue weighted by Crippen LogP contribution is -2.15. The molecule has 0 N–H and O–H groups in total. The Hall–Kier alpha value is -0.590. The molecule has 0 amide bonds. The summed E-state index contributed by atoms with van der Waals surface area (Å²) in [5, 5.41) is -0.102. The van der Waals surface area contributed by atoms with E-state index in [9.17, 15) is 8.42 Å². The third-order valence-corrected chi connectivity index (χ3v) is 2.97. The highest BCUT2D eigenvalue weighted by molar-refractivity contribution is 8.13. The number of rotatable bonds is 1. The predicted octanol–water partition coefficient (Wildman–Crippen LogP) is 0.341. The molecule has 2 rings (SSSR count). The second-order valence-corrected chi connectivity index (χ2v) is 5.19. The van der Waals surface area contributed by atoms with Crippen molar-refractivity contribution in [2.45, 2.75) is 18.2 Å². The molecule has 0 unspecified atom stereocenters. The van der Waals surface area contributed by atoms with Crippen LogP contribution in [0.1, 0.15) is 5.82 Å². The Bertz CT molecular complexity index is 402. The summed E-state index contributed by atoms with van der Waals surface area (Å²) in [6.07, 6.45) is 1.43. The molecule has 0 atom stereocenters. The minimum Gasteiger partial charge on any atom is -0.372 e. The number of imidazole rings is 1. The Morgan fingerprint density at radius 3 is 3.00 bits per heavy atom. The van der Waals surface area contributed by atoms with Gasteiger partial charge in [-0.25, -0.2) is 13.4 Å². The van der Waals surface area contributed by atoms with Crippen LogP contribution < -0.4 is 0 Å². The van der Waals surface area contributed by atoms with Gasteiger partial charge in [0.25, 0.3) is 9.05 Å². The van der Waals surface area contributed by atoms with E-state index >= 15 is 0 Å². The third kappa shape index (κ3) is 1.70. The second-order valence-electron chi connectivity index (χ2n) is 2.68. The summed E-state index contributed by atoms with van der Waals surface area (Å²) < 4.78 is 28.6. The smallest absolute Gasteiger partial charge is 0.280 e. The summed E-state index contributed by atoms with van der Waals surface area (Å²) in [6.45, 7) is 1.53. The maximum Gasteiger partial charge on any atom is 0.280 e. The van der Waals surface area contributed by atoms with Gasteiger partial charge in [0.1, 0.15) is 12.4 Å². The highest BCUT2D eigenvalue weighted by Crippen LogP contribution is 2.16. The summed E-state index contributed by atoms with van der Waals surface area (Å²) in [5.74, 6) is 0.602. The lowest BCUT2D eigenvalue weighted by Gasteiger charge is -2.12. The molecule has 0 radical (unpaired) electrons. The third-order valence-electron chi connectivity index (χ3n) is 1.79. The van der Waals surface area contributed by atoms with E-state index in [0.717, 1.165) is 0 Å². The highest BCUT2D eigenvalue weighted by Gasteiger charge is 2.19. The number of aromatic nitrogens is 2. The van der Waals surface area contributed by atoms with Crippen molar-refractivity contribution in [3.05, 3.63) is 12.0 Å². The molecule has 0 saturated carbocycles. The molecule has 7 heteroatoms. The quantitative estimate of drug-likeness (QED) is 0.643. The molecule has 0 bridgehead atoms. The molecule has 0 aliphatic carbocycles. The van der Waals surface area contributed by atoms with Crippen LogP contribution in [0.15, 0.2) is 11.2 Å². The first kappa shape index (κ1) is 8.98. The van der Waals surface area contributed by atoms with Gasteiger partial charge in [0.2, 0.25) is 0 Å². The fraction of sp³-hybridized carbons (Fsp3) is 0.500. The highest BCUT2D eigenvalue weighted by atomic mass is 35.7. The zero-order valence-electron chi connectivity index (χ0n) is 6.60. The Balaban J connectivity index is 2.47. The fourth-order valence-electron chi connectivity index (χ4n) is 1.18. The van der Waals surface area contributed by atoms with Crippen molar-refractivity contribution in [1.82, 2.24) is 9.55 Å². The molecule has 0 saturated heterocycles. The van der Waals surface area contributed by atoms with Gasteiger partial charge in [-0.05, 0) is 0 Å². The van der Waals surface area contributed by atoms with Crippen LogP contribution in [-0.4, -0.2) is 24.6 Å². The van der Waals surface area contributed by atoms with E-state index in [0.29, 0.717) is 25.6 Å². The largest absolute Gasteiger partial charge is 0.372 e. The van der Waals surface area contributed by atoms with Crippen LogP contribution in [0, 0.1) is 0 Å². The Morgan fingerprint density at radius 2 is 2.38 bits per heavy atom. The van der Waals surface area contributed by atoms with Crippen LogP contribution in [-0.2, 0) is 26.9 Å². The van der Waals surface area contributed by atoms with E-state index in [1.807, 2.05) is 0 Å². The molecule has 1 aliphatic heterocycles. The van der Waals surface area contributed by atoms with Gasteiger partial charge >= 0.3 is 0 Å². The average Bonchev–Trinajstić information content (AvgIpc) is 2.45. The number of ether oxygens (including phenoxy) is 1. The van der Waals surface area contributed by atoms with Gasteiger partial charge in [0.15, 0.2) is 5.03 Å². The van der Waals surface area contributed by atoms with Crippen LogP contribution in [0.25, 0.3) is 0 Å². The van der Waals surface area contributed by atoms with Gasteiger partial charge in [0.05, 0.1) is 6.61 Å². The molecular formula is C6H7ClN2O3S. The zero-order chi connectivity index (χ0) is 9.47. The van der Waals surface area contributed by atoms with Gasteiger partial charge in [-0.15, -0.1) is 0 Å². The lowest BCUT2D eigenvalue weighted by atomic mass is 10.5. The Morgan fingerprint density at radius 1 is 1.62 bits per heavy atom. The molecule has 0 fully saturated rings. The van der Waals surface area contributed by atoms with E-state index in [1.165, 1.54) is 6.20 Å². The Labute approximate surface area is 79.7 Å². The number of halogens is 1. The lowest BCUT2D eigenvalue weighted by molar-refractivity contribution is 0.0816. The molecule has 5 nitrogen and oxygen atoms in total. The van der Waals surface area contributed by atoms with E-state index in [1.54, 1.807) is 4.57 Å². The van der Waals surface area contributed by atoms with Crippen molar-refractivity contribution < 1.29 is 13.2 Å². The monoisotopic (exact) mass is 222 g/mol. The van der Waals surface area contributed by atoms with Crippen molar-refractivity contribution in [3.8, 4) is 0 Å². The zero-order valence-corrected chi connectivity index (χ0v) is 8.18. The first-order valence-corrected chi connectivity index (χ1v) is 5.97. The van der Waals surface area contributed by atoms with E-state index < -0.39 is 9.05 Å². The standard InChI is InChI=1S/C6H7ClN2O3S/c7-13(10,11)6-3-9-1-2-12-4-5(9)8-6/h3H,1-2,4H2. The molecule has 1 aliphatic rings. The van der Waals surface area contributed by atoms with Crippen LogP contribution in [0.4, 0.5) is 0 Å². The number of hydrogen-bond acceptors (Lipinski definition) is 4. The molecule has 2 heterocycles. The molecule has 1 aromatic heterocycles. The van der Waals surface area contributed by atoms with E-state index in [4.69, 9.17) is 15.4 Å². The molecule has 13 heavy (non-hydrogen) atoms. The van der Waals surface area contributed by atoms with Gasteiger partial charge < -0.3 is 9.30 Å².